The number of hydrazine groups is 1. The molecule has 0 aliphatic heterocycles. The maximum atomic E-state index is 13.2. The Hall–Kier alpha value is -3.88. The number of halogens is 1. The van der Waals surface area contributed by atoms with Crippen molar-refractivity contribution in [3.8, 4) is 0 Å². The average Bonchev–Trinajstić information content (AvgIpc) is 3.02. The second-order valence-electron chi connectivity index (χ2n) is 5.28. The molecule has 0 unspecified atom stereocenters. The quantitative estimate of drug-likeness (QED) is 0.526. The molecule has 3 rings (SSSR count). The van der Waals surface area contributed by atoms with Gasteiger partial charge in [0.25, 0.3) is 11.8 Å². The fraction of sp³-hybridized carbons (Fsp3) is 0. The van der Waals surface area contributed by atoms with E-state index in [0.717, 1.165) is 0 Å². The molecule has 0 fully saturated rings. The maximum absolute atomic E-state index is 13.2. The Kier molecular flexibility index (Phi) is 4.52. The van der Waals surface area contributed by atoms with Gasteiger partial charge in [-0.25, -0.2) is 4.39 Å². The molecule has 0 bridgehead atoms. The molecule has 8 nitrogen and oxygen atoms in total. The van der Waals surface area contributed by atoms with Gasteiger partial charge in [-0.05, 0) is 36.4 Å². The lowest BCUT2D eigenvalue weighted by molar-refractivity contribution is -0.242. The molecule has 9 heteroatoms. The van der Waals surface area contributed by atoms with Gasteiger partial charge in [0.2, 0.25) is 0 Å². The molecule has 0 saturated heterocycles. The van der Waals surface area contributed by atoms with Gasteiger partial charge >= 0.3 is 0 Å². The van der Waals surface area contributed by atoms with E-state index >= 15 is 0 Å². The zero-order valence-electron chi connectivity index (χ0n) is 13.1. The first-order valence-electron chi connectivity index (χ1n) is 7.40. The molecule has 0 aliphatic rings. The molecule has 3 aromatic rings. The van der Waals surface area contributed by atoms with Crippen LogP contribution in [-0.4, -0.2) is 22.9 Å². The fourth-order valence-electron chi connectivity index (χ4n) is 2.37. The van der Waals surface area contributed by atoms with Gasteiger partial charge in [-0.15, -0.1) is 0 Å². The Balaban J connectivity index is 1.71. The van der Waals surface area contributed by atoms with Crippen LogP contribution in [0.2, 0.25) is 0 Å². The molecule has 132 valence electrons. The van der Waals surface area contributed by atoms with E-state index in [1.54, 1.807) is 0 Å². The number of aromatic amines is 1. The molecule has 1 heterocycles. The summed E-state index contributed by atoms with van der Waals surface area (Å²) in [7, 11) is 0. The van der Waals surface area contributed by atoms with Gasteiger partial charge < -0.3 is 20.2 Å². The summed E-state index contributed by atoms with van der Waals surface area (Å²) in [6.45, 7) is 0. The number of anilines is 1. The molecule has 0 saturated carbocycles. The fourth-order valence-corrected chi connectivity index (χ4v) is 2.37. The van der Waals surface area contributed by atoms with Crippen molar-refractivity contribution < 1.29 is 23.9 Å². The number of hydrogen-bond donors (Lipinski definition) is 4. The van der Waals surface area contributed by atoms with E-state index in [2.05, 4.69) is 15.8 Å². The van der Waals surface area contributed by atoms with Gasteiger partial charge in [0.1, 0.15) is 17.6 Å². The summed E-state index contributed by atoms with van der Waals surface area (Å²) in [5.74, 6) is -1.82. The largest absolute Gasteiger partial charge is 0.530 e. The molecule has 3 amide bonds. The summed E-state index contributed by atoms with van der Waals surface area (Å²) in [6.07, 6.45) is -1.57. The summed E-state index contributed by atoms with van der Waals surface area (Å²) in [4.78, 5) is 37.7. The topological polar surface area (TPSA) is 126 Å². The van der Waals surface area contributed by atoms with Crippen molar-refractivity contribution in [1.29, 1.82) is 0 Å². The van der Waals surface area contributed by atoms with Gasteiger partial charge in [-0.1, -0.05) is 12.1 Å². The van der Waals surface area contributed by atoms with Crippen LogP contribution >= 0.6 is 0 Å². The number of carbonyl (C=O) groups excluding carboxylic acids is 3. The monoisotopic (exact) mass is 355 g/mol. The number of hydrogen-bond acceptors (Lipinski definition) is 4. The first-order chi connectivity index (χ1) is 12.4. The van der Waals surface area contributed by atoms with E-state index in [9.17, 15) is 23.9 Å². The summed E-state index contributed by atoms with van der Waals surface area (Å²) < 4.78 is 13.2. The highest BCUT2D eigenvalue weighted by Crippen LogP contribution is 2.17. The number of rotatable bonds is 3. The summed E-state index contributed by atoms with van der Waals surface area (Å²) >= 11 is 0. The first kappa shape index (κ1) is 17.0. The summed E-state index contributed by atoms with van der Waals surface area (Å²) in [5, 5.41) is 13.1. The minimum absolute atomic E-state index is 0.00396. The Labute approximate surface area is 146 Å². The third-order valence-corrected chi connectivity index (χ3v) is 3.53. The molecule has 0 aliphatic carbocycles. The molecule has 4 N–H and O–H groups in total. The van der Waals surface area contributed by atoms with E-state index in [1.165, 1.54) is 48.5 Å². The lowest BCUT2D eigenvalue weighted by atomic mass is 10.1. The number of aromatic nitrogens is 1. The second-order valence-corrected chi connectivity index (χ2v) is 5.28. The van der Waals surface area contributed by atoms with E-state index in [-0.39, 0.29) is 16.9 Å². The van der Waals surface area contributed by atoms with Crippen LogP contribution in [-0.2, 0) is 0 Å². The standard InChI is InChI=1S/C17H13FN4O4/c18-10-5-6-12-9(7-10)8-14(19-12)16(24)22-21-15(23)11-3-1-2-4-13(11)20-17(25)26/h1-8,19-20H,(H,21,23)(H,22,24)(H,25,26)/p-1. The van der Waals surface area contributed by atoms with Crippen molar-refractivity contribution in [3.63, 3.8) is 0 Å². The highest BCUT2D eigenvalue weighted by molar-refractivity contribution is 6.04. The maximum Gasteiger partial charge on any atom is 0.286 e. The summed E-state index contributed by atoms with van der Waals surface area (Å²) in [6, 6.07) is 11.3. The highest BCUT2D eigenvalue weighted by atomic mass is 19.1. The van der Waals surface area contributed by atoms with Gasteiger partial charge in [-0.2, -0.15) is 0 Å². The molecular weight excluding hydrogens is 343 g/mol. The Morgan fingerprint density at radius 2 is 1.69 bits per heavy atom. The van der Waals surface area contributed by atoms with Gasteiger partial charge in [0, 0.05) is 10.9 Å². The molecule has 0 atom stereocenters. The SMILES string of the molecule is O=C([O-])Nc1ccccc1C(=O)NNC(=O)c1cc2cc(F)ccc2[nH]1. The molecular formula is C17H12FN4O4-. The van der Waals surface area contributed by atoms with E-state index < -0.39 is 23.7 Å². The first-order valence-corrected chi connectivity index (χ1v) is 7.40. The van der Waals surface area contributed by atoms with Gasteiger partial charge in [0.05, 0.1) is 11.3 Å². The molecule has 1 aromatic heterocycles. The zero-order chi connectivity index (χ0) is 18.7. The van der Waals surface area contributed by atoms with Crippen LogP contribution in [0, 0.1) is 5.82 Å². The average molecular weight is 355 g/mol. The minimum atomic E-state index is -1.57. The van der Waals surface area contributed by atoms with E-state index in [1.807, 2.05) is 5.32 Å². The second kappa shape index (κ2) is 6.93. The third-order valence-electron chi connectivity index (χ3n) is 3.53. The number of carbonyl (C=O) groups is 3. The number of para-hydroxylation sites is 1. The lowest BCUT2D eigenvalue weighted by Crippen LogP contribution is -2.42. The highest BCUT2D eigenvalue weighted by Gasteiger charge is 2.14. The Morgan fingerprint density at radius 3 is 2.46 bits per heavy atom. The summed E-state index contributed by atoms with van der Waals surface area (Å²) in [5.41, 5.74) is 5.07. The smallest absolute Gasteiger partial charge is 0.286 e. The third kappa shape index (κ3) is 3.61. The molecule has 0 radical (unpaired) electrons. The van der Waals surface area contributed by atoms with Crippen molar-refractivity contribution >= 4 is 34.5 Å². The predicted molar refractivity (Wildman–Crippen MR) is 88.6 cm³/mol. The van der Waals surface area contributed by atoms with Crippen LogP contribution in [0.25, 0.3) is 10.9 Å². The Morgan fingerprint density at radius 1 is 0.962 bits per heavy atom. The minimum Gasteiger partial charge on any atom is -0.530 e. The zero-order valence-corrected chi connectivity index (χ0v) is 13.1. The molecule has 26 heavy (non-hydrogen) atoms. The van der Waals surface area contributed by atoms with Crippen molar-refractivity contribution in [2.24, 2.45) is 0 Å². The van der Waals surface area contributed by atoms with Crippen LogP contribution in [0.3, 0.4) is 0 Å². The van der Waals surface area contributed by atoms with E-state index in [4.69, 9.17) is 0 Å². The van der Waals surface area contributed by atoms with Crippen LogP contribution in [0.1, 0.15) is 20.8 Å². The normalized spacial score (nSPS) is 10.3. The predicted octanol–water partition coefficient (Wildman–Crippen LogP) is 1.14. The van der Waals surface area contributed by atoms with Crippen molar-refractivity contribution in [2.45, 2.75) is 0 Å². The van der Waals surface area contributed by atoms with Crippen LogP contribution < -0.4 is 21.3 Å². The number of amides is 3. The van der Waals surface area contributed by atoms with Crippen molar-refractivity contribution in [2.75, 3.05) is 5.32 Å². The number of H-pyrrole nitrogens is 1. The van der Waals surface area contributed by atoms with Crippen LogP contribution in [0.15, 0.2) is 48.5 Å². The van der Waals surface area contributed by atoms with Gasteiger partial charge in [-0.3, -0.25) is 20.4 Å². The lowest BCUT2D eigenvalue weighted by Gasteiger charge is -2.12. The molecule has 0 spiro atoms. The number of carboxylic acid groups (broad SMARTS) is 1. The van der Waals surface area contributed by atoms with Crippen molar-refractivity contribution in [1.82, 2.24) is 15.8 Å². The van der Waals surface area contributed by atoms with Gasteiger partial charge in [0.15, 0.2) is 0 Å². The number of benzene rings is 2. The number of nitrogens with one attached hydrogen (secondary N) is 4. The molecule has 2 aromatic carbocycles. The van der Waals surface area contributed by atoms with E-state index in [0.29, 0.717) is 10.9 Å². The Bertz CT molecular complexity index is 1010. The van der Waals surface area contributed by atoms with Crippen LogP contribution in [0.4, 0.5) is 14.9 Å². The van der Waals surface area contributed by atoms with Crippen molar-refractivity contribution in [3.05, 3.63) is 65.6 Å². The van der Waals surface area contributed by atoms with Crippen LogP contribution in [0.5, 0.6) is 0 Å². The number of fused-ring (bicyclic) bond motifs is 1.